The Labute approximate surface area is 66.3 Å². The average Bonchev–Trinajstić information content (AvgIpc) is 2.33. The van der Waals surface area contributed by atoms with Gasteiger partial charge in [-0.2, -0.15) is 0 Å². The van der Waals surface area contributed by atoms with Crippen LogP contribution in [0.5, 0.6) is 0 Å². The van der Waals surface area contributed by atoms with E-state index in [1.54, 1.807) is 11.8 Å². The van der Waals surface area contributed by atoms with E-state index in [4.69, 9.17) is 5.73 Å². The van der Waals surface area contributed by atoms with E-state index in [0.717, 1.165) is 11.7 Å². The summed E-state index contributed by atoms with van der Waals surface area (Å²) in [5.41, 5.74) is 5.57. The lowest BCUT2D eigenvalue weighted by molar-refractivity contribution is 0.569. The highest BCUT2D eigenvalue weighted by Crippen LogP contribution is 2.36. The van der Waals surface area contributed by atoms with Crippen LogP contribution in [-0.4, -0.2) is 16.5 Å². The van der Waals surface area contributed by atoms with Crippen LogP contribution in [-0.2, 0) is 0 Å². The van der Waals surface area contributed by atoms with E-state index in [1.807, 2.05) is 0 Å². The van der Waals surface area contributed by atoms with E-state index < -0.39 is 0 Å². The minimum atomic E-state index is 0.337. The molecule has 10 heavy (non-hydrogen) atoms. The summed E-state index contributed by atoms with van der Waals surface area (Å²) < 4.78 is 0.337. The van der Waals surface area contributed by atoms with Gasteiger partial charge in [-0.3, -0.25) is 4.99 Å². The number of aliphatic imine (C=N–C) groups is 1. The monoisotopic (exact) mass is 158 g/mol. The number of hydrogen-bond acceptors (Lipinski definition) is 3. The third-order valence-corrected chi connectivity index (χ3v) is 3.61. The minimum absolute atomic E-state index is 0.337. The second-order valence-corrected chi connectivity index (χ2v) is 4.14. The van der Waals surface area contributed by atoms with Crippen molar-refractivity contribution < 1.29 is 0 Å². The van der Waals surface area contributed by atoms with Crippen molar-refractivity contribution >= 4 is 16.9 Å². The van der Waals surface area contributed by atoms with Crippen LogP contribution in [0.2, 0.25) is 0 Å². The molecule has 0 aromatic rings. The lowest BCUT2D eigenvalue weighted by atomic mass is 10.0. The summed E-state index contributed by atoms with van der Waals surface area (Å²) in [5.74, 6) is 0. The second-order valence-electron chi connectivity index (χ2n) is 2.65. The Hall–Kier alpha value is -0.180. The van der Waals surface area contributed by atoms with E-state index >= 15 is 0 Å². The molecule has 0 atom stereocenters. The minimum Gasteiger partial charge on any atom is -0.379 e. The van der Waals surface area contributed by atoms with Gasteiger partial charge in [-0.25, -0.2) is 0 Å². The molecule has 1 aliphatic rings. The van der Waals surface area contributed by atoms with Crippen molar-refractivity contribution in [3.05, 3.63) is 0 Å². The molecule has 2 nitrogen and oxygen atoms in total. The number of nitrogens with zero attached hydrogens (tertiary/aromatic N) is 1. The third-order valence-electron chi connectivity index (χ3n) is 2.13. The van der Waals surface area contributed by atoms with Gasteiger partial charge in [-0.15, -0.1) is 0 Å². The SMILES string of the molecule is CCC1(CC)CN=C(N)S1. The maximum atomic E-state index is 5.57. The Bertz CT molecular complexity index is 150. The molecule has 2 N–H and O–H groups in total. The van der Waals surface area contributed by atoms with Crippen molar-refractivity contribution in [2.24, 2.45) is 10.7 Å². The van der Waals surface area contributed by atoms with E-state index in [1.165, 1.54) is 12.8 Å². The third kappa shape index (κ3) is 1.29. The molecule has 1 rings (SSSR count). The van der Waals surface area contributed by atoms with Crippen LogP contribution >= 0.6 is 11.8 Å². The largest absolute Gasteiger partial charge is 0.379 e. The van der Waals surface area contributed by atoms with E-state index in [9.17, 15) is 0 Å². The summed E-state index contributed by atoms with van der Waals surface area (Å²) in [6, 6.07) is 0. The van der Waals surface area contributed by atoms with Gasteiger partial charge in [0.1, 0.15) is 0 Å². The number of hydrogen-bond donors (Lipinski definition) is 1. The van der Waals surface area contributed by atoms with Crippen LogP contribution in [0.3, 0.4) is 0 Å². The summed E-state index contributed by atoms with van der Waals surface area (Å²) in [5, 5.41) is 0.767. The Morgan fingerprint density at radius 1 is 1.60 bits per heavy atom. The number of thioether (sulfide) groups is 1. The summed E-state index contributed by atoms with van der Waals surface area (Å²) in [6.45, 7) is 5.31. The average molecular weight is 158 g/mol. The highest BCUT2D eigenvalue weighted by Gasteiger charge is 2.32. The molecule has 0 aliphatic carbocycles. The molecule has 1 aliphatic heterocycles. The first-order chi connectivity index (χ1) is 4.72. The Morgan fingerprint density at radius 2 is 2.20 bits per heavy atom. The van der Waals surface area contributed by atoms with Gasteiger partial charge in [0, 0.05) is 4.75 Å². The van der Waals surface area contributed by atoms with Gasteiger partial charge >= 0.3 is 0 Å². The Morgan fingerprint density at radius 3 is 2.40 bits per heavy atom. The van der Waals surface area contributed by atoms with Gasteiger partial charge in [-0.05, 0) is 12.8 Å². The number of rotatable bonds is 2. The van der Waals surface area contributed by atoms with Gasteiger partial charge in [0.05, 0.1) is 6.54 Å². The summed E-state index contributed by atoms with van der Waals surface area (Å²) >= 11 is 1.74. The van der Waals surface area contributed by atoms with Crippen LogP contribution < -0.4 is 5.73 Å². The van der Waals surface area contributed by atoms with Crippen molar-refractivity contribution in [2.45, 2.75) is 31.4 Å². The van der Waals surface area contributed by atoms with E-state index in [2.05, 4.69) is 18.8 Å². The molecule has 58 valence electrons. The van der Waals surface area contributed by atoms with E-state index in [-0.39, 0.29) is 0 Å². The van der Waals surface area contributed by atoms with Crippen LogP contribution in [0.25, 0.3) is 0 Å². The van der Waals surface area contributed by atoms with Crippen LogP contribution in [0, 0.1) is 0 Å². The van der Waals surface area contributed by atoms with E-state index in [0.29, 0.717) is 4.75 Å². The molecule has 0 radical (unpaired) electrons. The normalized spacial score (nSPS) is 22.8. The van der Waals surface area contributed by atoms with Crippen molar-refractivity contribution in [2.75, 3.05) is 6.54 Å². The van der Waals surface area contributed by atoms with Crippen molar-refractivity contribution in [3.63, 3.8) is 0 Å². The fourth-order valence-corrected chi connectivity index (χ4v) is 2.12. The smallest absolute Gasteiger partial charge is 0.154 e. The van der Waals surface area contributed by atoms with Crippen molar-refractivity contribution in [3.8, 4) is 0 Å². The molecule has 0 aromatic heterocycles. The lowest BCUT2D eigenvalue weighted by Gasteiger charge is -2.22. The summed E-state index contributed by atoms with van der Waals surface area (Å²) in [6.07, 6.45) is 2.33. The molecule has 0 bridgehead atoms. The first-order valence-corrected chi connectivity index (χ1v) is 4.53. The molecular weight excluding hydrogens is 144 g/mol. The highest BCUT2D eigenvalue weighted by atomic mass is 32.2. The molecule has 0 spiro atoms. The van der Waals surface area contributed by atoms with Gasteiger partial charge in [0.2, 0.25) is 0 Å². The maximum absolute atomic E-state index is 5.57. The zero-order chi connectivity index (χ0) is 7.61. The quantitative estimate of drug-likeness (QED) is 0.663. The van der Waals surface area contributed by atoms with Crippen molar-refractivity contribution in [1.82, 2.24) is 0 Å². The molecule has 0 amide bonds. The topological polar surface area (TPSA) is 38.4 Å². The Kier molecular flexibility index (Phi) is 2.24. The molecule has 0 fully saturated rings. The molecule has 0 aromatic carbocycles. The zero-order valence-electron chi connectivity index (χ0n) is 6.55. The summed E-state index contributed by atoms with van der Waals surface area (Å²) in [4.78, 5) is 4.19. The van der Waals surface area contributed by atoms with Crippen LogP contribution in [0.4, 0.5) is 0 Å². The zero-order valence-corrected chi connectivity index (χ0v) is 7.37. The van der Waals surface area contributed by atoms with Gasteiger partial charge in [-0.1, -0.05) is 25.6 Å². The fraction of sp³-hybridized carbons (Fsp3) is 0.857. The van der Waals surface area contributed by atoms with Gasteiger partial charge in [0.15, 0.2) is 5.17 Å². The van der Waals surface area contributed by atoms with Crippen LogP contribution in [0.15, 0.2) is 4.99 Å². The first-order valence-electron chi connectivity index (χ1n) is 3.71. The highest BCUT2D eigenvalue weighted by molar-refractivity contribution is 8.15. The molecule has 0 saturated heterocycles. The second kappa shape index (κ2) is 2.82. The van der Waals surface area contributed by atoms with Crippen molar-refractivity contribution in [1.29, 1.82) is 0 Å². The summed E-state index contributed by atoms with van der Waals surface area (Å²) in [7, 11) is 0. The molecule has 3 heteroatoms. The fourth-order valence-electron chi connectivity index (χ4n) is 1.13. The molecular formula is C7H14N2S. The standard InChI is InChI=1S/C7H14N2S/c1-3-7(4-2)5-9-6(8)10-7/h3-5H2,1-2H3,(H2,8,9). The van der Waals surface area contributed by atoms with Crippen LogP contribution in [0.1, 0.15) is 26.7 Å². The molecule has 0 unspecified atom stereocenters. The molecule has 1 heterocycles. The number of amidine groups is 1. The van der Waals surface area contributed by atoms with Gasteiger partial charge in [0.25, 0.3) is 0 Å². The predicted octanol–water partition coefficient (Wildman–Crippen LogP) is 1.61. The first kappa shape index (κ1) is 7.92. The van der Waals surface area contributed by atoms with Gasteiger partial charge < -0.3 is 5.73 Å². The maximum Gasteiger partial charge on any atom is 0.154 e. The Balaban J connectivity index is 2.57. The number of nitrogens with two attached hydrogens (primary N) is 1. The predicted molar refractivity (Wildman–Crippen MR) is 47.4 cm³/mol. The lowest BCUT2D eigenvalue weighted by Crippen LogP contribution is -2.24. The molecule has 0 saturated carbocycles.